The molecule has 0 bridgehead atoms. The Labute approximate surface area is 124 Å². The van der Waals surface area contributed by atoms with Crippen molar-refractivity contribution in [3.05, 3.63) is 11.9 Å². The number of likely N-dealkylation sites (N-methyl/N-ethyl adjacent to an activating group) is 1. The summed E-state index contributed by atoms with van der Waals surface area (Å²) < 4.78 is 1.69. The normalized spacial score (nSPS) is 13.9. The van der Waals surface area contributed by atoms with Crippen LogP contribution in [0, 0.1) is 0 Å². The van der Waals surface area contributed by atoms with Crippen molar-refractivity contribution in [1.29, 1.82) is 0 Å². The number of aromatic nitrogens is 3. The van der Waals surface area contributed by atoms with Crippen LogP contribution >= 0.6 is 0 Å². The molecule has 1 rings (SSSR count). The summed E-state index contributed by atoms with van der Waals surface area (Å²) in [6.45, 7) is 2.12. The Morgan fingerprint density at radius 2 is 2.14 bits per heavy atom. The van der Waals surface area contributed by atoms with E-state index in [1.54, 1.807) is 18.7 Å². The standard InChI is InChI=1S/C13H24N6O2/c1-9(20)12(16-2)5-6-19-8-10(17-18-19)3-4-11(15)13(21)7-14/h8,11-12,16H,3-7,14-15H2,1-2H3/t11-,12-/m0/s1. The van der Waals surface area contributed by atoms with Crippen molar-refractivity contribution in [2.45, 2.75) is 44.8 Å². The molecule has 0 amide bonds. The third-order valence-corrected chi connectivity index (χ3v) is 3.40. The van der Waals surface area contributed by atoms with E-state index in [0.29, 0.717) is 25.8 Å². The highest BCUT2D eigenvalue weighted by molar-refractivity contribution is 5.85. The lowest BCUT2D eigenvalue weighted by atomic mass is 10.1. The van der Waals surface area contributed by atoms with Crippen molar-refractivity contribution in [1.82, 2.24) is 20.3 Å². The summed E-state index contributed by atoms with van der Waals surface area (Å²) in [5, 5.41) is 11.0. The predicted octanol–water partition coefficient (Wildman–Crippen LogP) is -1.37. The molecule has 0 unspecified atom stereocenters. The van der Waals surface area contributed by atoms with E-state index in [1.165, 1.54) is 0 Å². The second-order valence-electron chi connectivity index (χ2n) is 5.03. The Bertz CT molecular complexity index is 473. The van der Waals surface area contributed by atoms with Gasteiger partial charge in [-0.1, -0.05) is 5.21 Å². The van der Waals surface area contributed by atoms with E-state index in [4.69, 9.17) is 11.5 Å². The Kier molecular flexibility index (Phi) is 7.13. The molecule has 0 saturated heterocycles. The monoisotopic (exact) mass is 296 g/mol. The highest BCUT2D eigenvalue weighted by Crippen LogP contribution is 2.03. The largest absolute Gasteiger partial charge is 0.324 e. The number of hydrogen-bond acceptors (Lipinski definition) is 7. The van der Waals surface area contributed by atoms with Crippen molar-refractivity contribution in [2.24, 2.45) is 11.5 Å². The van der Waals surface area contributed by atoms with E-state index >= 15 is 0 Å². The molecular formula is C13H24N6O2. The lowest BCUT2D eigenvalue weighted by molar-refractivity contribution is -0.119. The summed E-state index contributed by atoms with van der Waals surface area (Å²) in [7, 11) is 1.76. The number of Topliss-reactive ketones (excluding diaryl/α,β-unsaturated/α-hetero) is 2. The zero-order chi connectivity index (χ0) is 15.8. The van der Waals surface area contributed by atoms with Crippen LogP contribution in [0.5, 0.6) is 0 Å². The molecule has 0 aliphatic heterocycles. The minimum Gasteiger partial charge on any atom is -0.324 e. The molecule has 0 aliphatic rings. The van der Waals surface area contributed by atoms with Gasteiger partial charge in [0.25, 0.3) is 0 Å². The van der Waals surface area contributed by atoms with Gasteiger partial charge in [0.05, 0.1) is 24.3 Å². The minimum atomic E-state index is -0.550. The maximum atomic E-state index is 11.3. The van der Waals surface area contributed by atoms with Crippen LogP contribution in [0.3, 0.4) is 0 Å². The topological polar surface area (TPSA) is 129 Å². The maximum Gasteiger partial charge on any atom is 0.163 e. The molecule has 0 saturated carbocycles. The summed E-state index contributed by atoms with van der Waals surface area (Å²) in [5.41, 5.74) is 11.7. The lowest BCUT2D eigenvalue weighted by Crippen LogP contribution is -2.35. The van der Waals surface area contributed by atoms with Crippen molar-refractivity contribution in [3.8, 4) is 0 Å². The first-order chi connectivity index (χ1) is 9.97. The molecule has 2 atom stereocenters. The van der Waals surface area contributed by atoms with Gasteiger partial charge in [0.1, 0.15) is 5.78 Å². The second kappa shape index (κ2) is 8.60. The van der Waals surface area contributed by atoms with Gasteiger partial charge in [-0.2, -0.15) is 0 Å². The van der Waals surface area contributed by atoms with Crippen molar-refractivity contribution in [2.75, 3.05) is 13.6 Å². The zero-order valence-electron chi connectivity index (χ0n) is 12.6. The van der Waals surface area contributed by atoms with Crippen molar-refractivity contribution < 1.29 is 9.59 Å². The molecule has 0 fully saturated rings. The van der Waals surface area contributed by atoms with Gasteiger partial charge in [-0.25, -0.2) is 0 Å². The van der Waals surface area contributed by atoms with E-state index in [9.17, 15) is 9.59 Å². The van der Waals surface area contributed by atoms with Crippen molar-refractivity contribution in [3.63, 3.8) is 0 Å². The number of rotatable bonds is 10. The van der Waals surface area contributed by atoms with E-state index in [2.05, 4.69) is 15.6 Å². The number of aryl methyl sites for hydroxylation is 2. The highest BCUT2D eigenvalue weighted by atomic mass is 16.1. The molecule has 8 heteroatoms. The van der Waals surface area contributed by atoms with Crippen LogP contribution in [0.4, 0.5) is 0 Å². The fourth-order valence-electron chi connectivity index (χ4n) is 1.99. The Balaban J connectivity index is 2.43. The van der Waals surface area contributed by atoms with Crippen LogP contribution in [0.2, 0.25) is 0 Å². The Hall–Kier alpha value is -1.64. The molecule has 21 heavy (non-hydrogen) atoms. The van der Waals surface area contributed by atoms with Crippen LogP contribution in [0.1, 0.15) is 25.5 Å². The number of hydrogen-bond donors (Lipinski definition) is 3. The Morgan fingerprint density at radius 3 is 2.71 bits per heavy atom. The van der Waals surface area contributed by atoms with Crippen LogP contribution < -0.4 is 16.8 Å². The first-order valence-corrected chi connectivity index (χ1v) is 7.03. The fourth-order valence-corrected chi connectivity index (χ4v) is 1.99. The summed E-state index contributed by atoms with van der Waals surface area (Å²) in [4.78, 5) is 22.6. The SMILES string of the molecule is CN[C@@H](CCn1cc(CC[C@H](N)C(=O)CN)nn1)C(C)=O. The van der Waals surface area contributed by atoms with Crippen LogP contribution in [-0.2, 0) is 22.6 Å². The summed E-state index contributed by atoms with van der Waals surface area (Å²) >= 11 is 0. The van der Waals surface area contributed by atoms with Gasteiger partial charge in [-0.15, -0.1) is 5.10 Å². The summed E-state index contributed by atoms with van der Waals surface area (Å²) in [5.74, 6) is -0.0511. The predicted molar refractivity (Wildman–Crippen MR) is 78.5 cm³/mol. The van der Waals surface area contributed by atoms with E-state index in [0.717, 1.165) is 5.69 Å². The van der Waals surface area contributed by atoms with Gasteiger partial charge < -0.3 is 16.8 Å². The molecule has 0 spiro atoms. The Morgan fingerprint density at radius 1 is 1.43 bits per heavy atom. The number of ketones is 2. The second-order valence-corrected chi connectivity index (χ2v) is 5.03. The molecule has 1 heterocycles. The molecule has 0 radical (unpaired) electrons. The number of nitrogens with two attached hydrogens (primary N) is 2. The first-order valence-electron chi connectivity index (χ1n) is 7.03. The minimum absolute atomic E-state index is 0.0374. The molecule has 1 aromatic heterocycles. The number of nitrogens with one attached hydrogen (secondary N) is 1. The molecule has 0 aromatic carbocycles. The van der Waals surface area contributed by atoms with Gasteiger partial charge in [0.2, 0.25) is 0 Å². The number of carbonyl (C=O) groups excluding carboxylic acids is 2. The highest BCUT2D eigenvalue weighted by Gasteiger charge is 2.14. The van der Waals surface area contributed by atoms with Crippen molar-refractivity contribution >= 4 is 11.6 Å². The fraction of sp³-hybridized carbons (Fsp3) is 0.692. The van der Waals surface area contributed by atoms with E-state index in [-0.39, 0.29) is 24.2 Å². The maximum absolute atomic E-state index is 11.3. The number of nitrogens with zero attached hydrogens (tertiary/aromatic N) is 3. The molecule has 0 aliphatic carbocycles. The van der Waals surface area contributed by atoms with Gasteiger partial charge >= 0.3 is 0 Å². The lowest BCUT2D eigenvalue weighted by Gasteiger charge is -2.11. The van der Waals surface area contributed by atoms with Gasteiger partial charge in [0.15, 0.2) is 5.78 Å². The van der Waals surface area contributed by atoms with Crippen LogP contribution in [-0.4, -0.2) is 52.2 Å². The summed E-state index contributed by atoms with van der Waals surface area (Å²) in [6, 6.07) is -0.722. The third kappa shape index (κ3) is 5.70. The average molecular weight is 296 g/mol. The van der Waals surface area contributed by atoms with E-state index < -0.39 is 6.04 Å². The third-order valence-electron chi connectivity index (χ3n) is 3.40. The van der Waals surface area contributed by atoms with Gasteiger partial charge in [0, 0.05) is 12.7 Å². The average Bonchev–Trinajstić information content (AvgIpc) is 2.92. The molecule has 1 aromatic rings. The molecular weight excluding hydrogens is 272 g/mol. The zero-order valence-corrected chi connectivity index (χ0v) is 12.6. The van der Waals surface area contributed by atoms with Gasteiger partial charge in [-0.3, -0.25) is 14.3 Å². The number of carbonyl (C=O) groups is 2. The van der Waals surface area contributed by atoms with E-state index in [1.807, 2.05) is 6.20 Å². The smallest absolute Gasteiger partial charge is 0.163 e. The molecule has 118 valence electrons. The van der Waals surface area contributed by atoms with Crippen LogP contribution in [0.15, 0.2) is 6.20 Å². The molecule has 8 nitrogen and oxygen atoms in total. The summed E-state index contributed by atoms with van der Waals surface area (Å²) in [6.07, 6.45) is 3.54. The molecule has 5 N–H and O–H groups in total. The van der Waals surface area contributed by atoms with Gasteiger partial charge in [-0.05, 0) is 33.2 Å². The first kappa shape index (κ1) is 17.4. The van der Waals surface area contributed by atoms with Crippen LogP contribution in [0.25, 0.3) is 0 Å². The quantitative estimate of drug-likeness (QED) is 0.486.